The molecule has 0 bridgehead atoms. The van der Waals surface area contributed by atoms with Crippen LogP contribution in [-0.2, 0) is 9.59 Å². The van der Waals surface area contributed by atoms with E-state index in [4.69, 9.17) is 9.47 Å². The summed E-state index contributed by atoms with van der Waals surface area (Å²) in [6, 6.07) is 9.64. The van der Waals surface area contributed by atoms with Crippen LogP contribution in [0.25, 0.3) is 0 Å². The third-order valence-electron chi connectivity index (χ3n) is 3.97. The van der Waals surface area contributed by atoms with E-state index in [1.807, 2.05) is 0 Å². The fraction of sp³-hybridized carbons (Fsp3) is 0.222. The fourth-order valence-electron chi connectivity index (χ4n) is 2.71. The first-order valence-corrected chi connectivity index (χ1v) is 7.64. The van der Waals surface area contributed by atoms with Crippen molar-refractivity contribution in [1.29, 1.82) is 0 Å². The molecule has 0 saturated carbocycles. The maximum Gasteiger partial charge on any atom is 0.256 e. The fourth-order valence-corrected chi connectivity index (χ4v) is 2.71. The van der Waals surface area contributed by atoms with E-state index in [1.54, 1.807) is 25.3 Å². The minimum atomic E-state index is -0.722. The highest BCUT2D eigenvalue weighted by Gasteiger charge is 2.39. The molecule has 0 spiro atoms. The molecule has 1 saturated heterocycles. The van der Waals surface area contributed by atoms with E-state index in [0.29, 0.717) is 22.9 Å². The molecule has 0 aliphatic carbocycles. The molecule has 7 heteroatoms. The number of nitrogens with zero attached hydrogens (tertiary/aromatic N) is 1. The Morgan fingerprint density at radius 2 is 1.80 bits per heavy atom. The lowest BCUT2D eigenvalue weighted by Gasteiger charge is -2.17. The van der Waals surface area contributed by atoms with E-state index in [1.165, 1.54) is 31.4 Å². The lowest BCUT2D eigenvalue weighted by atomic mass is 10.2. The SMILES string of the molecule is COc1ccc(N[C@H]2CC(=O)N(c3ccc(F)cc3)C2=O)c(OC)c1. The summed E-state index contributed by atoms with van der Waals surface area (Å²) < 4.78 is 23.5. The van der Waals surface area contributed by atoms with Gasteiger partial charge in [-0.15, -0.1) is 0 Å². The molecule has 25 heavy (non-hydrogen) atoms. The normalized spacial score (nSPS) is 16.9. The molecule has 1 N–H and O–H groups in total. The predicted octanol–water partition coefficient (Wildman–Crippen LogP) is 2.59. The number of benzene rings is 2. The first-order valence-electron chi connectivity index (χ1n) is 7.64. The number of halogens is 1. The second-order valence-electron chi connectivity index (χ2n) is 5.51. The highest BCUT2D eigenvalue weighted by Crippen LogP contribution is 2.32. The Morgan fingerprint density at radius 1 is 1.08 bits per heavy atom. The van der Waals surface area contributed by atoms with Gasteiger partial charge in [0.1, 0.15) is 23.4 Å². The lowest BCUT2D eigenvalue weighted by molar-refractivity contribution is -0.121. The summed E-state index contributed by atoms with van der Waals surface area (Å²) in [6.07, 6.45) is 0.00535. The third-order valence-corrected chi connectivity index (χ3v) is 3.97. The maximum atomic E-state index is 13.1. The Labute approximate surface area is 144 Å². The average molecular weight is 344 g/mol. The van der Waals surface area contributed by atoms with Crippen LogP contribution in [0.4, 0.5) is 15.8 Å². The summed E-state index contributed by atoms with van der Waals surface area (Å²) in [5.41, 5.74) is 0.929. The van der Waals surface area contributed by atoms with Crippen LogP contribution in [0.3, 0.4) is 0 Å². The summed E-state index contributed by atoms with van der Waals surface area (Å²) >= 11 is 0. The first-order chi connectivity index (χ1) is 12.0. The Bertz CT molecular complexity index is 807. The van der Waals surface area contributed by atoms with Crippen LogP contribution in [-0.4, -0.2) is 32.1 Å². The number of methoxy groups -OCH3 is 2. The van der Waals surface area contributed by atoms with Crippen LogP contribution in [0.15, 0.2) is 42.5 Å². The van der Waals surface area contributed by atoms with Crippen molar-refractivity contribution in [2.75, 3.05) is 24.4 Å². The van der Waals surface area contributed by atoms with E-state index in [0.717, 1.165) is 4.90 Å². The number of carbonyl (C=O) groups excluding carboxylic acids is 2. The van der Waals surface area contributed by atoms with Gasteiger partial charge in [0.15, 0.2) is 0 Å². The van der Waals surface area contributed by atoms with Gasteiger partial charge >= 0.3 is 0 Å². The number of carbonyl (C=O) groups is 2. The predicted molar refractivity (Wildman–Crippen MR) is 90.5 cm³/mol. The maximum absolute atomic E-state index is 13.1. The molecule has 1 atom stereocenters. The molecule has 1 aliphatic rings. The molecule has 0 radical (unpaired) electrons. The molecular formula is C18H17FN2O4. The van der Waals surface area contributed by atoms with Gasteiger partial charge in [-0.05, 0) is 36.4 Å². The van der Waals surface area contributed by atoms with Crippen LogP contribution in [0.2, 0.25) is 0 Å². The molecule has 0 aromatic heterocycles. The number of ether oxygens (including phenoxy) is 2. The average Bonchev–Trinajstić information content (AvgIpc) is 2.90. The standard InChI is InChI=1S/C18H17FN2O4/c1-24-13-7-8-14(16(9-13)25-2)20-15-10-17(22)21(18(15)23)12-5-3-11(19)4-6-12/h3-9,15,20H,10H2,1-2H3/t15-/m0/s1. The van der Waals surface area contributed by atoms with Gasteiger partial charge in [-0.25, -0.2) is 9.29 Å². The number of amides is 2. The summed E-state index contributed by atoms with van der Waals surface area (Å²) in [6.45, 7) is 0. The van der Waals surface area contributed by atoms with Gasteiger partial charge in [0, 0.05) is 6.07 Å². The van der Waals surface area contributed by atoms with Crippen LogP contribution in [0.5, 0.6) is 11.5 Å². The van der Waals surface area contributed by atoms with E-state index < -0.39 is 17.8 Å². The van der Waals surface area contributed by atoms with Gasteiger partial charge in [-0.1, -0.05) is 0 Å². The Kier molecular flexibility index (Phi) is 4.56. The van der Waals surface area contributed by atoms with Crippen molar-refractivity contribution in [2.24, 2.45) is 0 Å². The molecule has 2 aromatic carbocycles. The first kappa shape index (κ1) is 16.8. The quantitative estimate of drug-likeness (QED) is 0.845. The van der Waals surface area contributed by atoms with Crippen molar-refractivity contribution >= 4 is 23.2 Å². The van der Waals surface area contributed by atoms with Gasteiger partial charge in [0.2, 0.25) is 5.91 Å². The van der Waals surface area contributed by atoms with E-state index in [-0.39, 0.29) is 12.3 Å². The molecule has 3 rings (SSSR count). The Balaban J connectivity index is 1.82. The summed E-state index contributed by atoms with van der Waals surface area (Å²) in [4.78, 5) is 25.9. The van der Waals surface area contributed by atoms with Crippen LogP contribution < -0.4 is 19.7 Å². The molecule has 2 amide bonds. The third kappa shape index (κ3) is 3.26. The summed E-state index contributed by atoms with van der Waals surface area (Å²) in [5, 5.41) is 3.04. The number of hydrogen-bond acceptors (Lipinski definition) is 5. The van der Waals surface area contributed by atoms with Crippen LogP contribution >= 0.6 is 0 Å². The zero-order valence-corrected chi connectivity index (χ0v) is 13.8. The van der Waals surface area contributed by atoms with Gasteiger partial charge < -0.3 is 14.8 Å². The van der Waals surface area contributed by atoms with Crippen molar-refractivity contribution < 1.29 is 23.5 Å². The highest BCUT2D eigenvalue weighted by molar-refractivity contribution is 6.23. The number of imide groups is 1. The van der Waals surface area contributed by atoms with Gasteiger partial charge in [0.05, 0.1) is 32.0 Å². The second kappa shape index (κ2) is 6.80. The van der Waals surface area contributed by atoms with Gasteiger partial charge in [-0.3, -0.25) is 9.59 Å². The second-order valence-corrected chi connectivity index (χ2v) is 5.51. The number of anilines is 2. The topological polar surface area (TPSA) is 67.9 Å². The van der Waals surface area contributed by atoms with Gasteiger partial charge in [0.25, 0.3) is 5.91 Å². The number of nitrogens with one attached hydrogen (secondary N) is 1. The molecule has 6 nitrogen and oxygen atoms in total. The molecule has 1 heterocycles. The molecule has 130 valence electrons. The zero-order valence-electron chi connectivity index (χ0n) is 13.8. The van der Waals surface area contributed by atoms with Crippen molar-refractivity contribution in [3.63, 3.8) is 0 Å². The lowest BCUT2D eigenvalue weighted by Crippen LogP contribution is -2.34. The molecule has 2 aromatic rings. The van der Waals surface area contributed by atoms with Crippen LogP contribution in [0, 0.1) is 5.82 Å². The van der Waals surface area contributed by atoms with E-state index in [9.17, 15) is 14.0 Å². The molecular weight excluding hydrogens is 327 g/mol. The van der Waals surface area contributed by atoms with Crippen LogP contribution in [0.1, 0.15) is 6.42 Å². The minimum Gasteiger partial charge on any atom is -0.497 e. The Morgan fingerprint density at radius 3 is 2.44 bits per heavy atom. The van der Waals surface area contributed by atoms with Crippen molar-refractivity contribution in [2.45, 2.75) is 12.5 Å². The number of hydrogen-bond donors (Lipinski definition) is 1. The van der Waals surface area contributed by atoms with E-state index >= 15 is 0 Å². The smallest absolute Gasteiger partial charge is 0.256 e. The molecule has 1 aliphatic heterocycles. The summed E-state index contributed by atoms with van der Waals surface area (Å²) in [7, 11) is 3.05. The van der Waals surface area contributed by atoms with Crippen molar-refractivity contribution in [3.8, 4) is 11.5 Å². The molecule has 0 unspecified atom stereocenters. The zero-order chi connectivity index (χ0) is 18.0. The minimum absolute atomic E-state index is 0.00535. The summed E-state index contributed by atoms with van der Waals surface area (Å²) in [5.74, 6) is -0.0550. The van der Waals surface area contributed by atoms with Crippen molar-refractivity contribution in [1.82, 2.24) is 0 Å². The highest BCUT2D eigenvalue weighted by atomic mass is 19.1. The number of rotatable bonds is 5. The van der Waals surface area contributed by atoms with Crippen molar-refractivity contribution in [3.05, 3.63) is 48.3 Å². The Hall–Kier alpha value is -3.09. The monoisotopic (exact) mass is 344 g/mol. The van der Waals surface area contributed by atoms with E-state index in [2.05, 4.69) is 5.32 Å². The molecule has 1 fully saturated rings. The largest absolute Gasteiger partial charge is 0.497 e. The van der Waals surface area contributed by atoms with Gasteiger partial charge in [-0.2, -0.15) is 0 Å².